The van der Waals surface area contributed by atoms with Crippen LogP contribution in [0.2, 0.25) is 0 Å². The predicted octanol–water partition coefficient (Wildman–Crippen LogP) is 2.16. The van der Waals surface area contributed by atoms with Gasteiger partial charge in [-0.25, -0.2) is 0 Å². The van der Waals surface area contributed by atoms with Crippen molar-refractivity contribution >= 4 is 12.4 Å². The molecule has 3 rings (SSSR count). The molecule has 0 aliphatic carbocycles. The van der Waals surface area contributed by atoms with Gasteiger partial charge in [0.1, 0.15) is 5.75 Å². The molecular formula is C15H23ClN2O. The van der Waals surface area contributed by atoms with Crippen LogP contribution in [0.4, 0.5) is 0 Å². The number of halogens is 1. The number of hydrogen-bond acceptors (Lipinski definition) is 3. The first kappa shape index (κ1) is 14.6. The quantitative estimate of drug-likeness (QED) is 0.916. The van der Waals surface area contributed by atoms with E-state index >= 15 is 0 Å². The smallest absolute Gasteiger partial charge is 0.119 e. The van der Waals surface area contributed by atoms with Crippen LogP contribution in [0.15, 0.2) is 24.3 Å². The molecule has 0 saturated carbocycles. The van der Waals surface area contributed by atoms with Crippen molar-refractivity contribution in [2.45, 2.75) is 13.5 Å². The lowest BCUT2D eigenvalue weighted by atomic mass is 10.0. The molecule has 2 fully saturated rings. The first-order valence-corrected chi connectivity index (χ1v) is 7.00. The van der Waals surface area contributed by atoms with Crippen molar-refractivity contribution in [3.63, 3.8) is 0 Å². The molecule has 2 saturated heterocycles. The fourth-order valence-electron chi connectivity index (χ4n) is 3.20. The van der Waals surface area contributed by atoms with Gasteiger partial charge < -0.3 is 10.1 Å². The van der Waals surface area contributed by atoms with E-state index in [-0.39, 0.29) is 12.4 Å². The third-order valence-electron chi connectivity index (χ3n) is 4.11. The standard InChI is InChI=1S/C15H22N2O.ClH/c1-2-18-15-5-3-12(4-6-15)9-17-10-13-7-16-8-14(13)11-17;/h3-6,13-14,16H,2,7-11H2,1H3;1H/t13-,14+;. The van der Waals surface area contributed by atoms with E-state index in [0.717, 1.165) is 30.7 Å². The normalized spacial score (nSPS) is 25.9. The number of ether oxygens (including phenoxy) is 1. The van der Waals surface area contributed by atoms with Crippen LogP contribution < -0.4 is 10.1 Å². The number of benzene rings is 1. The van der Waals surface area contributed by atoms with Crippen molar-refractivity contribution in [3.8, 4) is 5.75 Å². The maximum absolute atomic E-state index is 5.47. The molecule has 1 N–H and O–H groups in total. The summed E-state index contributed by atoms with van der Waals surface area (Å²) in [6.07, 6.45) is 0. The van der Waals surface area contributed by atoms with Crippen molar-refractivity contribution in [3.05, 3.63) is 29.8 Å². The molecule has 2 atom stereocenters. The van der Waals surface area contributed by atoms with Crippen LogP contribution in [0.3, 0.4) is 0 Å². The van der Waals surface area contributed by atoms with Gasteiger partial charge in [0.2, 0.25) is 0 Å². The highest BCUT2D eigenvalue weighted by molar-refractivity contribution is 5.85. The Hall–Kier alpha value is -0.770. The fourth-order valence-corrected chi connectivity index (χ4v) is 3.20. The molecule has 0 amide bonds. The summed E-state index contributed by atoms with van der Waals surface area (Å²) in [5.41, 5.74) is 1.39. The average molecular weight is 283 g/mol. The molecule has 0 bridgehead atoms. The maximum Gasteiger partial charge on any atom is 0.119 e. The lowest BCUT2D eigenvalue weighted by Crippen LogP contribution is -2.25. The molecule has 0 unspecified atom stereocenters. The summed E-state index contributed by atoms with van der Waals surface area (Å²) in [5.74, 6) is 2.74. The molecule has 106 valence electrons. The highest BCUT2D eigenvalue weighted by Crippen LogP contribution is 2.27. The topological polar surface area (TPSA) is 24.5 Å². The van der Waals surface area contributed by atoms with Gasteiger partial charge in [0, 0.05) is 19.6 Å². The molecule has 1 aromatic rings. The third kappa shape index (κ3) is 3.41. The molecule has 19 heavy (non-hydrogen) atoms. The molecule has 1 aromatic carbocycles. The minimum Gasteiger partial charge on any atom is -0.494 e. The molecule has 0 spiro atoms. The Morgan fingerprint density at radius 1 is 1.16 bits per heavy atom. The number of hydrogen-bond donors (Lipinski definition) is 1. The van der Waals surface area contributed by atoms with Crippen molar-refractivity contribution in [2.75, 3.05) is 32.8 Å². The Morgan fingerprint density at radius 3 is 2.37 bits per heavy atom. The summed E-state index contributed by atoms with van der Waals surface area (Å²) in [6.45, 7) is 8.77. The number of fused-ring (bicyclic) bond motifs is 1. The van der Waals surface area contributed by atoms with Crippen LogP contribution in [0.5, 0.6) is 5.75 Å². The molecule has 0 radical (unpaired) electrons. The van der Waals surface area contributed by atoms with E-state index in [1.165, 1.54) is 31.7 Å². The van der Waals surface area contributed by atoms with E-state index in [2.05, 4.69) is 34.5 Å². The summed E-state index contributed by atoms with van der Waals surface area (Å²) >= 11 is 0. The van der Waals surface area contributed by atoms with Crippen molar-refractivity contribution in [2.24, 2.45) is 11.8 Å². The summed E-state index contributed by atoms with van der Waals surface area (Å²) in [6, 6.07) is 8.54. The lowest BCUT2D eigenvalue weighted by Gasteiger charge is -2.17. The fraction of sp³-hybridized carbons (Fsp3) is 0.600. The van der Waals surface area contributed by atoms with E-state index in [9.17, 15) is 0 Å². The third-order valence-corrected chi connectivity index (χ3v) is 4.11. The lowest BCUT2D eigenvalue weighted by molar-refractivity contribution is 0.305. The second-order valence-corrected chi connectivity index (χ2v) is 5.45. The minimum absolute atomic E-state index is 0. The van der Waals surface area contributed by atoms with Crippen molar-refractivity contribution < 1.29 is 4.74 Å². The maximum atomic E-state index is 5.47. The van der Waals surface area contributed by atoms with Gasteiger partial charge in [-0.15, -0.1) is 12.4 Å². The van der Waals surface area contributed by atoms with E-state index in [4.69, 9.17) is 4.74 Å². The molecule has 0 aromatic heterocycles. The van der Waals surface area contributed by atoms with E-state index in [0.29, 0.717) is 0 Å². The Bertz CT molecular complexity index is 384. The van der Waals surface area contributed by atoms with Gasteiger partial charge in [-0.3, -0.25) is 4.90 Å². The Kier molecular flexibility index (Phi) is 5.08. The van der Waals surface area contributed by atoms with Crippen LogP contribution in [0, 0.1) is 11.8 Å². The van der Waals surface area contributed by atoms with Crippen LogP contribution in [-0.4, -0.2) is 37.7 Å². The average Bonchev–Trinajstić information content (AvgIpc) is 2.92. The second-order valence-electron chi connectivity index (χ2n) is 5.45. The summed E-state index contributed by atoms with van der Waals surface area (Å²) < 4.78 is 5.47. The van der Waals surface area contributed by atoms with Crippen molar-refractivity contribution in [1.82, 2.24) is 10.2 Å². The summed E-state index contributed by atoms with van der Waals surface area (Å²) in [7, 11) is 0. The highest BCUT2D eigenvalue weighted by Gasteiger charge is 2.35. The largest absolute Gasteiger partial charge is 0.494 e. The zero-order chi connectivity index (χ0) is 12.4. The van der Waals surface area contributed by atoms with Crippen LogP contribution in [-0.2, 0) is 6.54 Å². The minimum atomic E-state index is 0. The van der Waals surface area contributed by atoms with Gasteiger partial charge in [-0.05, 0) is 49.5 Å². The molecular weight excluding hydrogens is 260 g/mol. The number of rotatable bonds is 4. The first-order chi connectivity index (χ1) is 8.85. The van der Waals surface area contributed by atoms with Gasteiger partial charge in [0.25, 0.3) is 0 Å². The van der Waals surface area contributed by atoms with Crippen LogP contribution >= 0.6 is 12.4 Å². The van der Waals surface area contributed by atoms with Gasteiger partial charge >= 0.3 is 0 Å². The van der Waals surface area contributed by atoms with E-state index in [1.54, 1.807) is 0 Å². The second kappa shape index (κ2) is 6.60. The SMILES string of the molecule is CCOc1ccc(CN2C[C@H]3CNC[C@H]3C2)cc1.Cl. The Labute approximate surface area is 121 Å². The number of nitrogens with one attached hydrogen (secondary N) is 1. The molecule has 2 heterocycles. The monoisotopic (exact) mass is 282 g/mol. The summed E-state index contributed by atoms with van der Waals surface area (Å²) in [4.78, 5) is 2.59. The van der Waals surface area contributed by atoms with Gasteiger partial charge in [0.15, 0.2) is 0 Å². The predicted molar refractivity (Wildman–Crippen MR) is 80.0 cm³/mol. The molecule has 3 nitrogen and oxygen atoms in total. The number of nitrogens with zero attached hydrogens (tertiary/aromatic N) is 1. The zero-order valence-corrected chi connectivity index (χ0v) is 12.3. The van der Waals surface area contributed by atoms with Crippen LogP contribution in [0.25, 0.3) is 0 Å². The zero-order valence-electron chi connectivity index (χ0n) is 11.5. The van der Waals surface area contributed by atoms with E-state index in [1.807, 2.05) is 6.92 Å². The van der Waals surface area contributed by atoms with Crippen molar-refractivity contribution in [1.29, 1.82) is 0 Å². The summed E-state index contributed by atoms with van der Waals surface area (Å²) in [5, 5.41) is 3.49. The van der Waals surface area contributed by atoms with Gasteiger partial charge in [0.05, 0.1) is 6.61 Å². The number of likely N-dealkylation sites (tertiary alicyclic amines) is 1. The molecule has 2 aliphatic heterocycles. The Morgan fingerprint density at radius 2 is 1.79 bits per heavy atom. The molecule has 4 heteroatoms. The van der Waals surface area contributed by atoms with Gasteiger partial charge in [-0.2, -0.15) is 0 Å². The van der Waals surface area contributed by atoms with Gasteiger partial charge in [-0.1, -0.05) is 12.1 Å². The Balaban J connectivity index is 0.00000133. The van der Waals surface area contributed by atoms with Crippen LogP contribution in [0.1, 0.15) is 12.5 Å². The first-order valence-electron chi connectivity index (χ1n) is 7.00. The molecule has 2 aliphatic rings. The van der Waals surface area contributed by atoms with E-state index < -0.39 is 0 Å². The highest BCUT2D eigenvalue weighted by atomic mass is 35.5.